The van der Waals surface area contributed by atoms with Crippen molar-refractivity contribution >= 4 is 75.1 Å². The lowest BCUT2D eigenvalue weighted by Crippen LogP contribution is -2.71. The maximum atomic E-state index is 12.7. The second-order valence-electron chi connectivity index (χ2n) is 5.87. The third kappa shape index (κ3) is 3.82. The fourth-order valence-electron chi connectivity index (χ4n) is 2.86. The predicted molar refractivity (Wildman–Crippen MR) is 110 cm³/mol. The molecule has 0 aliphatic carbocycles. The van der Waals surface area contributed by atoms with Crippen LogP contribution in [0.5, 0.6) is 0 Å². The number of fused-ring (bicyclic) bond motifs is 1. The molecule has 1 saturated heterocycles. The van der Waals surface area contributed by atoms with Crippen molar-refractivity contribution in [1.29, 1.82) is 0 Å². The Morgan fingerprint density at radius 2 is 2.26 bits per heavy atom. The molecule has 162 valence electrons. The average Bonchev–Trinajstić information content (AvgIpc) is 3.35. The van der Waals surface area contributed by atoms with E-state index in [0.29, 0.717) is 4.91 Å². The molecular weight excluding hydrogens is 494 g/mol. The first-order chi connectivity index (χ1) is 14.8. The fraction of sp³-hybridized carbons (Fsp3) is 0.214. The number of hydrogen-bond acceptors (Lipinski definition) is 13. The van der Waals surface area contributed by atoms with Crippen LogP contribution in [0, 0.1) is 0 Å². The topological polar surface area (TPSA) is 197 Å². The Balaban J connectivity index is 1.53. The van der Waals surface area contributed by atoms with E-state index in [9.17, 15) is 24.7 Å². The highest BCUT2D eigenvalue weighted by Gasteiger charge is 2.54. The van der Waals surface area contributed by atoms with Crippen molar-refractivity contribution < 1.29 is 29.1 Å². The van der Waals surface area contributed by atoms with E-state index in [-0.39, 0.29) is 31.8 Å². The lowest BCUT2D eigenvalue weighted by atomic mass is 10.0. The van der Waals surface area contributed by atoms with Crippen LogP contribution in [0.2, 0.25) is 4.34 Å². The molecule has 0 spiro atoms. The first kappa shape index (κ1) is 21.4. The van der Waals surface area contributed by atoms with Gasteiger partial charge in [0.15, 0.2) is 10.8 Å². The zero-order chi connectivity index (χ0) is 22.3. The number of carboxylic acid groups (broad SMARTS) is 1. The van der Waals surface area contributed by atoms with E-state index in [0.717, 1.165) is 34.4 Å². The number of rotatable bonds is 6. The van der Waals surface area contributed by atoms with E-state index in [1.807, 2.05) is 0 Å². The highest BCUT2D eigenvalue weighted by Crippen LogP contribution is 2.44. The van der Waals surface area contributed by atoms with Gasteiger partial charge < -0.3 is 25.8 Å². The number of nitrogens with one attached hydrogen (secondary N) is 1. The Kier molecular flexibility index (Phi) is 5.78. The van der Waals surface area contributed by atoms with Gasteiger partial charge in [-0.1, -0.05) is 28.1 Å². The molecule has 17 heteroatoms. The van der Waals surface area contributed by atoms with Crippen molar-refractivity contribution in [2.45, 2.75) is 16.6 Å². The molecule has 2 amide bonds. The van der Waals surface area contributed by atoms with Crippen molar-refractivity contribution in [1.82, 2.24) is 25.4 Å². The summed E-state index contributed by atoms with van der Waals surface area (Å²) in [4.78, 5) is 42.3. The Morgan fingerprint density at radius 1 is 1.48 bits per heavy atom. The molecule has 31 heavy (non-hydrogen) atoms. The molecule has 4 rings (SSSR count). The number of carbonyl (C=O) groups is 3. The first-order valence-electron chi connectivity index (χ1n) is 8.12. The number of oxime groups is 1. The number of carbonyl (C=O) groups excluding carboxylic acids is 2. The number of nitrogen functional groups attached to an aromatic ring is 1. The van der Waals surface area contributed by atoms with Gasteiger partial charge in [-0.15, -0.1) is 22.0 Å². The van der Waals surface area contributed by atoms with Crippen LogP contribution in [0.15, 0.2) is 31.8 Å². The summed E-state index contributed by atoms with van der Waals surface area (Å²) in [6.45, 7) is 0. The van der Waals surface area contributed by atoms with Gasteiger partial charge in [0.2, 0.25) is 6.39 Å². The lowest BCUT2D eigenvalue weighted by Gasteiger charge is -2.49. The largest absolute Gasteiger partial charge is 0.477 e. The minimum Gasteiger partial charge on any atom is -0.477 e. The third-order valence-corrected chi connectivity index (χ3v) is 7.60. The molecule has 5 N–H and O–H groups in total. The monoisotopic (exact) mass is 503 g/mol. The molecule has 0 bridgehead atoms. The van der Waals surface area contributed by atoms with Crippen LogP contribution in [0.4, 0.5) is 5.13 Å². The molecule has 2 aromatic rings. The van der Waals surface area contributed by atoms with Gasteiger partial charge in [0.05, 0.1) is 0 Å². The van der Waals surface area contributed by atoms with E-state index in [1.54, 1.807) is 0 Å². The molecule has 0 radical (unpaired) electrons. The summed E-state index contributed by atoms with van der Waals surface area (Å²) >= 11 is 9.01. The van der Waals surface area contributed by atoms with Gasteiger partial charge in [-0.25, -0.2) is 9.78 Å². The number of aliphatic carboxylic acids is 1. The van der Waals surface area contributed by atoms with Gasteiger partial charge >= 0.3 is 5.97 Å². The summed E-state index contributed by atoms with van der Waals surface area (Å²) in [5.74, 6) is -2.65. The Hall–Kier alpha value is -2.82. The van der Waals surface area contributed by atoms with E-state index in [4.69, 9.17) is 21.8 Å². The number of nitrogens with two attached hydrogens (primary N) is 1. The molecule has 1 fully saturated rings. The SMILES string of the molecule is Nc1nc(C(=NO)C(=O)N[C@@H]2C(=O)N3C(C(=O)O)=C(Sc4nnco4)CSC23)c(Cl)s1. The van der Waals surface area contributed by atoms with Gasteiger partial charge in [0, 0.05) is 10.7 Å². The number of halogens is 1. The summed E-state index contributed by atoms with van der Waals surface area (Å²) in [6, 6.07) is -1.05. The van der Waals surface area contributed by atoms with E-state index in [2.05, 4.69) is 25.7 Å². The number of β-lactam (4-membered cyclic amide) rings is 1. The van der Waals surface area contributed by atoms with Crippen LogP contribution in [0.3, 0.4) is 0 Å². The molecule has 0 saturated carbocycles. The Bertz CT molecular complexity index is 1130. The predicted octanol–water partition coefficient (Wildman–Crippen LogP) is 0.428. The van der Waals surface area contributed by atoms with Crippen molar-refractivity contribution in [3.63, 3.8) is 0 Å². The van der Waals surface area contributed by atoms with E-state index < -0.39 is 34.9 Å². The molecule has 2 aromatic heterocycles. The summed E-state index contributed by atoms with van der Waals surface area (Å²) in [5.41, 5.74) is 4.66. The highest BCUT2D eigenvalue weighted by molar-refractivity contribution is 8.06. The summed E-state index contributed by atoms with van der Waals surface area (Å²) in [7, 11) is 0. The van der Waals surface area contributed by atoms with Crippen molar-refractivity contribution in [3.05, 3.63) is 27.0 Å². The maximum absolute atomic E-state index is 12.7. The zero-order valence-corrected chi connectivity index (χ0v) is 18.1. The van der Waals surface area contributed by atoms with Crippen LogP contribution in [0.25, 0.3) is 0 Å². The van der Waals surface area contributed by atoms with Crippen molar-refractivity contribution in [2.75, 3.05) is 11.5 Å². The molecule has 2 aliphatic heterocycles. The maximum Gasteiger partial charge on any atom is 0.353 e. The zero-order valence-electron chi connectivity index (χ0n) is 14.9. The highest BCUT2D eigenvalue weighted by atomic mass is 35.5. The minimum absolute atomic E-state index is 0.0350. The van der Waals surface area contributed by atoms with Gasteiger partial charge in [-0.2, -0.15) is 0 Å². The molecule has 1 unspecified atom stereocenters. The number of thioether (sulfide) groups is 2. The van der Waals surface area contributed by atoms with Gasteiger partial charge in [-0.05, 0) is 11.8 Å². The summed E-state index contributed by atoms with van der Waals surface area (Å²) < 4.78 is 5.05. The Morgan fingerprint density at radius 3 is 2.84 bits per heavy atom. The van der Waals surface area contributed by atoms with E-state index >= 15 is 0 Å². The quantitative estimate of drug-likeness (QED) is 0.184. The number of hydrogen-bond donors (Lipinski definition) is 4. The molecule has 0 aromatic carbocycles. The van der Waals surface area contributed by atoms with Crippen molar-refractivity contribution in [2.24, 2.45) is 5.16 Å². The lowest BCUT2D eigenvalue weighted by molar-refractivity contribution is -0.150. The average molecular weight is 504 g/mol. The standard InChI is InChI=1S/C14H10ClN7O6S3/c15-8-4(19-13(16)31-8)5(21-27)9(23)18-6-10(24)22-7(12(25)26)3(1-29-11(6)22)30-14-20-17-2-28-14/h2,6,11,27H,1H2,(H2,16,19)(H,18,23)(H,25,26)/t6-,11?/m1/s1. The minimum atomic E-state index is -1.31. The molecular formula is C14H10ClN7O6S3. The molecule has 4 heterocycles. The van der Waals surface area contributed by atoms with Crippen molar-refractivity contribution in [3.8, 4) is 0 Å². The fourth-order valence-corrected chi connectivity index (χ4v) is 6.09. The van der Waals surface area contributed by atoms with Crippen LogP contribution < -0.4 is 11.1 Å². The van der Waals surface area contributed by atoms with Crippen LogP contribution in [-0.4, -0.2) is 71.1 Å². The number of carboxylic acids is 1. The van der Waals surface area contributed by atoms with Crippen LogP contribution >= 0.6 is 46.5 Å². The molecule has 2 atom stereocenters. The second kappa shape index (κ2) is 8.37. The third-order valence-electron chi connectivity index (χ3n) is 4.11. The first-order valence-corrected chi connectivity index (χ1v) is 11.2. The Labute approximate surface area is 189 Å². The van der Waals surface area contributed by atoms with Crippen LogP contribution in [-0.2, 0) is 14.4 Å². The van der Waals surface area contributed by atoms with Crippen LogP contribution in [0.1, 0.15) is 5.69 Å². The number of thiazole rings is 1. The molecule has 2 aliphatic rings. The van der Waals surface area contributed by atoms with Gasteiger partial charge in [0.25, 0.3) is 17.0 Å². The smallest absolute Gasteiger partial charge is 0.353 e. The van der Waals surface area contributed by atoms with E-state index in [1.165, 1.54) is 11.8 Å². The summed E-state index contributed by atoms with van der Waals surface area (Å²) in [5, 5.41) is 31.0. The molecule has 13 nitrogen and oxygen atoms in total. The summed E-state index contributed by atoms with van der Waals surface area (Å²) in [6.07, 6.45) is 1.10. The number of amides is 2. The number of anilines is 1. The number of nitrogens with zero attached hydrogens (tertiary/aromatic N) is 5. The van der Waals surface area contributed by atoms with Gasteiger partial charge in [-0.3, -0.25) is 14.5 Å². The normalized spacial score (nSPS) is 21.0. The number of aromatic nitrogens is 3. The second-order valence-corrected chi connectivity index (χ2v) is 9.65. The van der Waals surface area contributed by atoms with Gasteiger partial charge in [0.1, 0.15) is 27.1 Å².